The molecule has 0 spiro atoms. The first-order valence-electron chi connectivity index (χ1n) is 11.1. The van der Waals surface area contributed by atoms with Crippen molar-refractivity contribution in [1.82, 2.24) is 24.9 Å². The van der Waals surface area contributed by atoms with Crippen molar-refractivity contribution in [1.29, 1.82) is 0 Å². The summed E-state index contributed by atoms with van der Waals surface area (Å²) in [6.07, 6.45) is 11.3. The van der Waals surface area contributed by atoms with Crippen molar-refractivity contribution in [2.24, 2.45) is 0 Å². The van der Waals surface area contributed by atoms with E-state index in [1.807, 2.05) is 37.4 Å². The summed E-state index contributed by atoms with van der Waals surface area (Å²) in [5.41, 5.74) is 5.98. The lowest BCUT2D eigenvalue weighted by atomic mass is 10.2. The van der Waals surface area contributed by atoms with Crippen molar-refractivity contribution in [3.8, 4) is 11.5 Å². The summed E-state index contributed by atoms with van der Waals surface area (Å²) in [7, 11) is 0. The number of ether oxygens (including phenoxy) is 2. The van der Waals surface area contributed by atoms with Gasteiger partial charge in [0.05, 0.1) is 10.4 Å². The van der Waals surface area contributed by atoms with Gasteiger partial charge >= 0.3 is 5.69 Å². The number of hydrogen-bond donors (Lipinski definition) is 1. The van der Waals surface area contributed by atoms with Crippen molar-refractivity contribution in [3.05, 3.63) is 112 Å². The highest BCUT2D eigenvalue weighted by atomic mass is 16.6. The number of nitrogens with one attached hydrogen (secondary N) is 1. The molecule has 0 saturated carbocycles. The normalized spacial score (nSPS) is 10.4. The molecule has 0 aliphatic rings. The second kappa shape index (κ2) is 11.5. The van der Waals surface area contributed by atoms with Crippen molar-refractivity contribution < 1.29 is 14.4 Å². The van der Waals surface area contributed by atoms with Crippen LogP contribution in [0.4, 0.5) is 5.69 Å². The third kappa shape index (κ3) is 5.98. The van der Waals surface area contributed by atoms with E-state index in [0.29, 0.717) is 6.61 Å². The summed E-state index contributed by atoms with van der Waals surface area (Å²) in [5, 5.41) is 10.7. The SMILES string of the molecule is Cc1[nH]c2c(OCc3cccnc3)ccnc2c1C.O=[N+]([O-])c1cnccc1OCc1cccnc1. The van der Waals surface area contributed by atoms with Crippen LogP contribution in [0.1, 0.15) is 22.4 Å². The Morgan fingerprint density at radius 2 is 1.44 bits per heavy atom. The smallest absolute Gasteiger partial charge is 0.329 e. The van der Waals surface area contributed by atoms with E-state index in [9.17, 15) is 10.1 Å². The van der Waals surface area contributed by atoms with Crippen molar-refractivity contribution >= 4 is 16.7 Å². The summed E-state index contributed by atoms with van der Waals surface area (Å²) < 4.78 is 11.2. The molecular formula is C26H24N6O4. The second-order valence-corrected chi connectivity index (χ2v) is 7.81. The molecule has 0 atom stereocenters. The summed E-state index contributed by atoms with van der Waals surface area (Å²) in [6, 6.07) is 10.9. The lowest BCUT2D eigenvalue weighted by Gasteiger charge is -2.06. The van der Waals surface area contributed by atoms with Gasteiger partial charge in [-0.25, -0.2) is 0 Å². The van der Waals surface area contributed by atoms with E-state index in [2.05, 4.69) is 31.8 Å². The Morgan fingerprint density at radius 1 is 0.833 bits per heavy atom. The molecule has 0 amide bonds. The quantitative estimate of drug-likeness (QED) is 0.249. The minimum Gasteiger partial charge on any atom is -0.487 e. The molecule has 0 unspecified atom stereocenters. The summed E-state index contributed by atoms with van der Waals surface area (Å²) >= 11 is 0. The third-order valence-electron chi connectivity index (χ3n) is 5.34. The van der Waals surface area contributed by atoms with Gasteiger partial charge in [-0.15, -0.1) is 0 Å². The van der Waals surface area contributed by atoms with Crippen LogP contribution >= 0.6 is 0 Å². The highest BCUT2D eigenvalue weighted by Crippen LogP contribution is 2.28. The summed E-state index contributed by atoms with van der Waals surface area (Å²) in [6.45, 7) is 4.84. The predicted molar refractivity (Wildman–Crippen MR) is 134 cm³/mol. The first-order chi connectivity index (χ1) is 17.5. The third-order valence-corrected chi connectivity index (χ3v) is 5.34. The maximum atomic E-state index is 10.7. The average molecular weight is 485 g/mol. The van der Waals surface area contributed by atoms with Gasteiger partial charge in [-0.3, -0.25) is 30.1 Å². The highest BCUT2D eigenvalue weighted by molar-refractivity contribution is 5.85. The van der Waals surface area contributed by atoms with Crippen molar-refractivity contribution in [3.63, 3.8) is 0 Å². The van der Waals surface area contributed by atoms with Crippen LogP contribution in [-0.2, 0) is 13.2 Å². The molecule has 36 heavy (non-hydrogen) atoms. The molecule has 182 valence electrons. The molecule has 0 fully saturated rings. The van der Waals surface area contributed by atoms with Crippen LogP contribution in [0.2, 0.25) is 0 Å². The zero-order valence-corrected chi connectivity index (χ0v) is 19.8. The zero-order valence-electron chi connectivity index (χ0n) is 19.8. The predicted octanol–water partition coefficient (Wildman–Crippen LogP) is 5.12. The van der Waals surface area contributed by atoms with E-state index in [-0.39, 0.29) is 18.0 Å². The zero-order chi connectivity index (χ0) is 25.3. The van der Waals surface area contributed by atoms with E-state index in [4.69, 9.17) is 9.47 Å². The molecule has 0 saturated heterocycles. The molecule has 0 aliphatic heterocycles. The summed E-state index contributed by atoms with van der Waals surface area (Å²) in [5.74, 6) is 1.03. The van der Waals surface area contributed by atoms with Gasteiger partial charge in [0, 0.05) is 66.1 Å². The van der Waals surface area contributed by atoms with Crippen LogP contribution in [0.3, 0.4) is 0 Å². The number of fused-ring (bicyclic) bond motifs is 1. The first kappa shape index (κ1) is 24.3. The van der Waals surface area contributed by atoms with E-state index in [1.165, 1.54) is 24.0 Å². The molecule has 0 aliphatic carbocycles. The maximum absolute atomic E-state index is 10.7. The van der Waals surface area contributed by atoms with Gasteiger partial charge < -0.3 is 14.5 Å². The van der Waals surface area contributed by atoms with E-state index >= 15 is 0 Å². The lowest BCUT2D eigenvalue weighted by molar-refractivity contribution is -0.386. The summed E-state index contributed by atoms with van der Waals surface area (Å²) in [4.78, 5) is 29.6. The van der Waals surface area contributed by atoms with Gasteiger partial charge in [0.15, 0.2) is 0 Å². The highest BCUT2D eigenvalue weighted by Gasteiger charge is 2.14. The van der Waals surface area contributed by atoms with Crippen LogP contribution in [0.15, 0.2) is 79.8 Å². The van der Waals surface area contributed by atoms with Crippen LogP contribution in [0, 0.1) is 24.0 Å². The molecule has 10 nitrogen and oxygen atoms in total. The molecule has 1 N–H and O–H groups in total. The van der Waals surface area contributed by atoms with Crippen molar-refractivity contribution in [2.45, 2.75) is 27.1 Å². The fourth-order valence-corrected chi connectivity index (χ4v) is 3.35. The average Bonchev–Trinajstić information content (AvgIpc) is 3.21. The maximum Gasteiger partial charge on any atom is 0.329 e. The topological polar surface area (TPSA) is 129 Å². The monoisotopic (exact) mass is 484 g/mol. The Balaban J connectivity index is 0.000000170. The molecule has 5 rings (SSSR count). The minimum atomic E-state index is -0.522. The molecule has 0 radical (unpaired) electrons. The first-order valence-corrected chi connectivity index (χ1v) is 11.1. The molecule has 0 aromatic carbocycles. The van der Waals surface area contributed by atoms with Crippen LogP contribution in [0.25, 0.3) is 11.0 Å². The van der Waals surface area contributed by atoms with Crippen LogP contribution in [-0.4, -0.2) is 29.8 Å². The standard InChI is InChI=1S/C15H15N3O.C11H9N3O3/c1-10-11(2)18-15-13(5-7-17-14(10)15)19-9-12-4-3-6-16-8-12;15-14(16)10-7-13-5-3-11(10)17-8-9-2-1-4-12-6-9/h3-8,18H,9H2,1-2H3;1-7H,8H2. The van der Waals surface area contributed by atoms with E-state index < -0.39 is 4.92 Å². The lowest BCUT2D eigenvalue weighted by Crippen LogP contribution is -1.99. The Morgan fingerprint density at radius 3 is 2.06 bits per heavy atom. The number of aromatic nitrogens is 5. The number of pyridine rings is 4. The number of nitro groups is 1. The molecule has 0 bridgehead atoms. The Hall–Kier alpha value is -4.86. The van der Waals surface area contributed by atoms with Gasteiger partial charge in [-0.1, -0.05) is 12.1 Å². The number of aryl methyl sites for hydroxylation is 2. The second-order valence-electron chi connectivity index (χ2n) is 7.81. The fraction of sp³-hybridized carbons (Fsp3) is 0.154. The van der Waals surface area contributed by atoms with Gasteiger partial charge in [0.1, 0.15) is 30.7 Å². The molecule has 5 heterocycles. The van der Waals surface area contributed by atoms with Gasteiger partial charge in [-0.05, 0) is 31.5 Å². The number of H-pyrrole nitrogens is 1. The fourth-order valence-electron chi connectivity index (χ4n) is 3.35. The molecular weight excluding hydrogens is 460 g/mol. The number of hydrogen-bond acceptors (Lipinski definition) is 8. The van der Waals surface area contributed by atoms with Crippen LogP contribution < -0.4 is 9.47 Å². The molecule has 10 heteroatoms. The number of nitrogens with zero attached hydrogens (tertiary/aromatic N) is 5. The minimum absolute atomic E-state index is 0.142. The Labute approximate surface area is 207 Å². The van der Waals surface area contributed by atoms with E-state index in [0.717, 1.165) is 33.6 Å². The largest absolute Gasteiger partial charge is 0.487 e. The van der Waals surface area contributed by atoms with Crippen molar-refractivity contribution in [2.75, 3.05) is 0 Å². The Bertz CT molecular complexity index is 1440. The number of rotatable bonds is 7. The van der Waals surface area contributed by atoms with E-state index in [1.54, 1.807) is 30.9 Å². The molecule has 5 aromatic rings. The van der Waals surface area contributed by atoms with Gasteiger partial charge in [-0.2, -0.15) is 0 Å². The molecule has 5 aromatic heterocycles. The Kier molecular flexibility index (Phi) is 7.76. The van der Waals surface area contributed by atoms with Crippen LogP contribution in [0.5, 0.6) is 11.5 Å². The van der Waals surface area contributed by atoms with Gasteiger partial charge in [0.25, 0.3) is 0 Å². The van der Waals surface area contributed by atoms with Gasteiger partial charge in [0.2, 0.25) is 5.75 Å². The number of aromatic amines is 1.